The Morgan fingerprint density at radius 1 is 0.287 bits per heavy atom. The number of hydrogen-bond donors (Lipinski definition) is 5. The maximum absolute atomic E-state index is 14.8. The van der Waals surface area contributed by atoms with E-state index in [0.717, 1.165) is 222 Å². The van der Waals surface area contributed by atoms with Crippen LogP contribution in [0.1, 0.15) is 158 Å². The summed E-state index contributed by atoms with van der Waals surface area (Å²) in [6.45, 7) is 12.8. The average Bonchev–Trinajstić information content (AvgIpc) is 0.768. The number of benzene rings is 12. The molecule has 5 aliphatic rings. The molecule has 0 spiro atoms. The fourth-order valence-corrected chi connectivity index (χ4v) is 20.2. The first-order chi connectivity index (χ1) is 70.3. The third-order valence-corrected chi connectivity index (χ3v) is 27.7. The summed E-state index contributed by atoms with van der Waals surface area (Å²) in [5.74, 6) is 1.37. The maximum atomic E-state index is 14.8. The Morgan fingerprint density at radius 2 is 0.608 bits per heavy atom. The van der Waals surface area contributed by atoms with Crippen LogP contribution in [0.5, 0.6) is 0 Å². The number of aromatic nitrogens is 8. The summed E-state index contributed by atoms with van der Waals surface area (Å²) in [6, 6.07) is 94.7. The molecule has 1 aliphatic heterocycles. The van der Waals surface area contributed by atoms with E-state index in [1.807, 2.05) is 140 Å². The van der Waals surface area contributed by atoms with Gasteiger partial charge in [0.05, 0.1) is 36.0 Å². The van der Waals surface area contributed by atoms with Gasteiger partial charge in [0.1, 0.15) is 23.3 Å². The molecule has 5 heterocycles. The number of piperazine rings is 1. The number of fused-ring (bicyclic) bond motifs is 12. The van der Waals surface area contributed by atoms with Gasteiger partial charge in [-0.3, -0.25) is 4.90 Å². The van der Waals surface area contributed by atoms with Crippen LogP contribution in [0.25, 0.3) is 45.0 Å². The molecule has 0 unspecified atom stereocenters. The summed E-state index contributed by atoms with van der Waals surface area (Å²) < 4.78 is 74.1. The van der Waals surface area contributed by atoms with Gasteiger partial charge in [-0.15, -0.1) is 0 Å². The molecular formula is C121H123F4N15O3. The Morgan fingerprint density at radius 3 is 0.972 bits per heavy atom. The summed E-state index contributed by atoms with van der Waals surface area (Å²) in [4.78, 5) is 43.0. The summed E-state index contributed by atoms with van der Waals surface area (Å²) >= 11 is 0. The molecule has 1 saturated heterocycles. The first-order valence-corrected chi connectivity index (χ1v) is 50.2. The topological polar surface area (TPSA) is 197 Å². The van der Waals surface area contributed by atoms with E-state index in [9.17, 15) is 17.6 Å². The zero-order valence-electron chi connectivity index (χ0n) is 81.7. The summed E-state index contributed by atoms with van der Waals surface area (Å²) in [5, 5.41) is 16.9. The minimum atomic E-state index is -0.177. The minimum Gasteiger partial charge on any atom is -0.385 e. The number of halogens is 4. The van der Waals surface area contributed by atoms with Crippen molar-refractivity contribution in [3.05, 3.63) is 428 Å². The van der Waals surface area contributed by atoms with Crippen molar-refractivity contribution in [2.45, 2.75) is 120 Å². The fourth-order valence-electron chi connectivity index (χ4n) is 20.2. The van der Waals surface area contributed by atoms with Crippen LogP contribution in [-0.4, -0.2) is 143 Å². The molecule has 0 amide bonds. The van der Waals surface area contributed by atoms with E-state index < -0.39 is 0 Å². The number of methoxy groups -OCH3 is 3. The maximum Gasteiger partial charge on any atom is 0.227 e. The van der Waals surface area contributed by atoms with Crippen molar-refractivity contribution in [1.29, 1.82) is 0 Å². The summed E-state index contributed by atoms with van der Waals surface area (Å²) in [7, 11) is 5.22. The second-order valence-corrected chi connectivity index (χ2v) is 37.2. The lowest BCUT2D eigenvalue weighted by Gasteiger charge is -2.34. The summed E-state index contributed by atoms with van der Waals surface area (Å²) in [5.41, 5.74) is 28.3. The SMILES string of the molecule is CCCCCc1cccc(Nc2ncc3c(n2)-c2ccccc2[C@H](c2ccccc2F)C3)c1.COCCCCCc1ccc(Nc2ncc3c(n2)-c2ccccc2[C@H](c2ccccc2F)C3)cc1.COCCN1CCN(CCc2cccc(Nc3ncc4c(n3)-c3ccccc3[C@H](c3ccccc3F)C4)c2)CC1.COCCNCCc1cccc(Nc2ncc3c(n2)-c2ccccc2[C@H](c2ccccc2F)C3)c1. The molecule has 728 valence electrons. The molecule has 5 N–H and O–H groups in total. The first-order valence-electron chi connectivity index (χ1n) is 50.2. The largest absolute Gasteiger partial charge is 0.385 e. The van der Waals surface area contributed by atoms with Gasteiger partial charge < -0.3 is 45.7 Å². The third kappa shape index (κ3) is 25.0. The van der Waals surface area contributed by atoms with Crippen LogP contribution in [-0.2, 0) is 65.6 Å². The molecule has 0 saturated carbocycles. The highest BCUT2D eigenvalue weighted by atomic mass is 19.1. The van der Waals surface area contributed by atoms with Crippen LogP contribution in [0.4, 0.5) is 64.1 Å². The van der Waals surface area contributed by atoms with E-state index in [0.29, 0.717) is 72.8 Å². The van der Waals surface area contributed by atoms with Crippen molar-refractivity contribution >= 4 is 46.5 Å². The standard InChI is InChI=1S/C33H36FN5O.C30H30FN3O.C29H29FN4O.C29H28FN3/c1-40-20-19-39-17-15-38(16-18-39)14-13-24-7-6-8-26(21-24)36-33-35-23-25-22-30(28-10-4-5-12-31(28)34)27-9-2-3-11-29(27)32(25)37-33;1-35-18-8-2-3-9-21-14-16-23(17-15-21)33-30-32-20-22-19-27(25-11-6-7-13-28(25)31)24-10-4-5-12-26(24)29(22)34-30;1-35-16-15-31-14-13-20-7-6-8-22(17-20)33-29-32-19-21-18-26(24-10-4-5-12-27(24)30)23-9-2-3-11-25(23)28(21)34-29;1-2-3-4-10-20-11-9-12-22(17-20)32-29-31-19-21-18-26(24-14-7-8-16-27(24)30)23-13-5-6-15-25(23)28(21)33-29/h2-12,21,23,30H,13-20,22H2,1H3,(H,35,36,37);4-7,10-17,20,27H,2-3,8-9,18-19H2,1H3,(H,32,33,34);2-12,17,19,26,31H,13-16,18H2,1H3,(H,32,33,34);5-9,11-17,19,26H,2-4,10,18H2,1H3,(H,31,32,33)/t30-;27-;2*26-/m1111/s1. The molecule has 12 aromatic carbocycles. The molecule has 4 aromatic heterocycles. The number of nitrogens with zero attached hydrogens (tertiary/aromatic N) is 10. The average molecular weight is 1910 g/mol. The minimum absolute atomic E-state index is 0.0443. The number of aryl methyl sites for hydroxylation is 2. The molecule has 16 aromatic rings. The van der Waals surface area contributed by atoms with Gasteiger partial charge in [-0.1, -0.05) is 245 Å². The van der Waals surface area contributed by atoms with E-state index in [4.69, 9.17) is 34.1 Å². The lowest BCUT2D eigenvalue weighted by Crippen LogP contribution is -2.47. The van der Waals surface area contributed by atoms with E-state index >= 15 is 0 Å². The molecule has 18 nitrogen and oxygen atoms in total. The van der Waals surface area contributed by atoms with Gasteiger partial charge in [0.15, 0.2) is 0 Å². The Balaban J connectivity index is 0.000000126. The van der Waals surface area contributed by atoms with Crippen molar-refractivity contribution < 1.29 is 31.8 Å². The van der Waals surface area contributed by atoms with Gasteiger partial charge in [0.25, 0.3) is 0 Å². The smallest absolute Gasteiger partial charge is 0.227 e. The van der Waals surface area contributed by atoms with Crippen LogP contribution >= 0.6 is 0 Å². The van der Waals surface area contributed by atoms with Gasteiger partial charge >= 0.3 is 0 Å². The normalized spacial score (nSPS) is 15.2. The molecule has 22 heteroatoms. The van der Waals surface area contributed by atoms with Gasteiger partial charge in [-0.2, -0.15) is 0 Å². The lowest BCUT2D eigenvalue weighted by molar-refractivity contribution is 0.0976. The molecule has 4 atom stereocenters. The first kappa shape index (κ1) is 98.8. The fraction of sp³-hybridized carbons (Fsp3) is 0.273. The number of nitrogens with one attached hydrogen (secondary N) is 5. The number of ether oxygens (including phenoxy) is 3. The summed E-state index contributed by atoms with van der Waals surface area (Å²) in [6.07, 6.45) is 21.4. The molecule has 0 bridgehead atoms. The van der Waals surface area contributed by atoms with E-state index in [2.05, 4.69) is 191 Å². The van der Waals surface area contributed by atoms with Crippen LogP contribution < -0.4 is 26.6 Å². The Kier molecular flexibility index (Phi) is 33.8. The molecule has 1 fully saturated rings. The van der Waals surface area contributed by atoms with E-state index in [1.165, 1.54) is 72.2 Å². The molecule has 4 aliphatic carbocycles. The van der Waals surface area contributed by atoms with E-state index in [-0.39, 0.29) is 46.9 Å². The number of rotatable bonds is 34. The number of unbranched alkanes of at least 4 members (excludes halogenated alkanes) is 4. The quantitative estimate of drug-likeness (QED) is 0.0188. The predicted molar refractivity (Wildman–Crippen MR) is 566 cm³/mol. The molecule has 143 heavy (non-hydrogen) atoms. The third-order valence-electron chi connectivity index (χ3n) is 27.7. The Hall–Kier alpha value is -14.4. The highest BCUT2D eigenvalue weighted by molar-refractivity contribution is 5.78. The molecule has 21 rings (SSSR count). The zero-order valence-corrected chi connectivity index (χ0v) is 81.7. The zero-order chi connectivity index (χ0) is 98.0. The van der Waals surface area contributed by atoms with Crippen LogP contribution in [0.3, 0.4) is 0 Å². The number of hydrogen-bond acceptors (Lipinski definition) is 18. The van der Waals surface area contributed by atoms with Crippen LogP contribution in [0.15, 0.2) is 316 Å². The van der Waals surface area contributed by atoms with Gasteiger partial charge in [-0.25, -0.2) is 57.4 Å². The molecule has 0 radical (unpaired) electrons. The molecular weight excluding hydrogens is 1790 g/mol. The van der Waals surface area contributed by atoms with Crippen LogP contribution in [0.2, 0.25) is 0 Å². The van der Waals surface area contributed by atoms with Crippen molar-refractivity contribution in [2.75, 3.05) is 115 Å². The Labute approximate surface area is 836 Å². The highest BCUT2D eigenvalue weighted by Crippen LogP contribution is 2.48. The highest BCUT2D eigenvalue weighted by Gasteiger charge is 2.35. The predicted octanol–water partition coefficient (Wildman–Crippen LogP) is 25.5. The van der Waals surface area contributed by atoms with Gasteiger partial charge in [-0.05, 0) is 239 Å². The van der Waals surface area contributed by atoms with Crippen molar-refractivity contribution in [3.63, 3.8) is 0 Å². The van der Waals surface area contributed by atoms with Crippen molar-refractivity contribution in [2.24, 2.45) is 0 Å². The lowest BCUT2D eigenvalue weighted by atomic mass is 9.78. The van der Waals surface area contributed by atoms with Gasteiger partial charge in [0.2, 0.25) is 23.8 Å². The number of anilines is 8. The monoisotopic (exact) mass is 1910 g/mol. The van der Waals surface area contributed by atoms with Crippen LogP contribution in [0, 0.1) is 23.3 Å². The van der Waals surface area contributed by atoms with Crippen molar-refractivity contribution in [1.82, 2.24) is 55.0 Å². The Bertz CT molecular complexity index is 6960. The van der Waals surface area contributed by atoms with Crippen molar-refractivity contribution in [3.8, 4) is 45.0 Å². The van der Waals surface area contributed by atoms with E-state index in [1.54, 1.807) is 45.6 Å². The van der Waals surface area contributed by atoms with Gasteiger partial charge in [0, 0.05) is 167 Å². The second-order valence-electron chi connectivity index (χ2n) is 37.2. The second kappa shape index (κ2) is 48.9.